The second-order valence-electron chi connectivity index (χ2n) is 4.63. The Morgan fingerprint density at radius 1 is 1.43 bits per heavy atom. The third-order valence-electron chi connectivity index (χ3n) is 2.22. The topological polar surface area (TPSA) is 33.1 Å². The molecule has 3 nitrogen and oxygen atoms in total. The van der Waals surface area contributed by atoms with Crippen LogP contribution in [0.25, 0.3) is 5.65 Å². The normalized spacial score (nSPS) is 12.6. The molecular weight excluding hydrogens is 242 g/mol. The second-order valence-corrected chi connectivity index (χ2v) is 5.42. The van der Waals surface area contributed by atoms with Gasteiger partial charge in [-0.15, -0.1) is 0 Å². The number of imidazole rings is 1. The number of aromatic amines is 1. The molecule has 0 spiro atoms. The molecule has 14 heavy (non-hydrogen) atoms. The Morgan fingerprint density at radius 2 is 2.07 bits per heavy atom. The summed E-state index contributed by atoms with van der Waals surface area (Å²) >= 11 is 3.59. The van der Waals surface area contributed by atoms with Gasteiger partial charge in [-0.25, -0.2) is 9.50 Å². The minimum absolute atomic E-state index is 0.105. The molecule has 2 aromatic heterocycles. The summed E-state index contributed by atoms with van der Waals surface area (Å²) < 4.78 is 3.03. The number of hydrogen-bond acceptors (Lipinski definition) is 1. The lowest BCUT2D eigenvalue weighted by molar-refractivity contribution is 0.560. The number of nitrogens with zero attached hydrogens (tertiary/aromatic N) is 2. The van der Waals surface area contributed by atoms with Gasteiger partial charge in [0.1, 0.15) is 0 Å². The number of fused-ring (bicyclic) bond motifs is 1. The zero-order valence-corrected chi connectivity index (χ0v) is 10.4. The zero-order valence-electron chi connectivity index (χ0n) is 8.85. The molecule has 0 aliphatic carbocycles. The van der Waals surface area contributed by atoms with E-state index >= 15 is 0 Å². The quantitative estimate of drug-likeness (QED) is 0.772. The van der Waals surface area contributed by atoms with Crippen molar-refractivity contribution in [2.75, 3.05) is 0 Å². The highest BCUT2D eigenvalue weighted by Gasteiger charge is 2.22. The van der Waals surface area contributed by atoms with E-state index in [-0.39, 0.29) is 5.41 Å². The number of hydrogen-bond donors (Lipinski definition) is 1. The predicted molar refractivity (Wildman–Crippen MR) is 60.7 cm³/mol. The molecule has 0 unspecified atom stereocenters. The van der Waals surface area contributed by atoms with E-state index in [9.17, 15) is 0 Å². The molecule has 2 aromatic rings. The van der Waals surface area contributed by atoms with Crippen LogP contribution < -0.4 is 0 Å². The maximum absolute atomic E-state index is 4.43. The van der Waals surface area contributed by atoms with Gasteiger partial charge in [-0.2, -0.15) is 0 Å². The van der Waals surface area contributed by atoms with Crippen LogP contribution in [-0.4, -0.2) is 14.6 Å². The maximum atomic E-state index is 4.43. The number of rotatable bonds is 0. The first-order valence-corrected chi connectivity index (χ1v) is 5.42. The summed E-state index contributed by atoms with van der Waals surface area (Å²) in [6.07, 6.45) is 2.00. The van der Waals surface area contributed by atoms with Crippen LogP contribution in [0.15, 0.2) is 10.7 Å². The average molecular weight is 256 g/mol. The van der Waals surface area contributed by atoms with Gasteiger partial charge in [0, 0.05) is 11.6 Å². The van der Waals surface area contributed by atoms with E-state index in [4.69, 9.17) is 0 Å². The fourth-order valence-corrected chi connectivity index (χ4v) is 2.48. The van der Waals surface area contributed by atoms with Crippen molar-refractivity contribution in [2.24, 2.45) is 0 Å². The molecule has 0 aromatic carbocycles. The van der Waals surface area contributed by atoms with Crippen molar-refractivity contribution >= 4 is 21.6 Å². The molecule has 1 N–H and O–H groups in total. The highest BCUT2D eigenvalue weighted by atomic mass is 79.9. The average Bonchev–Trinajstić information content (AvgIpc) is 2.49. The van der Waals surface area contributed by atoms with E-state index in [1.165, 1.54) is 5.69 Å². The Bertz CT molecular complexity index is 473. The van der Waals surface area contributed by atoms with E-state index in [0.29, 0.717) is 0 Å². The number of H-pyrrole nitrogens is 1. The molecule has 0 aliphatic rings. The monoisotopic (exact) mass is 255 g/mol. The van der Waals surface area contributed by atoms with Gasteiger partial charge >= 0.3 is 0 Å². The molecule has 0 atom stereocenters. The molecule has 0 bridgehead atoms. The van der Waals surface area contributed by atoms with Crippen molar-refractivity contribution in [1.82, 2.24) is 14.6 Å². The lowest BCUT2D eigenvalue weighted by atomic mass is 9.92. The first kappa shape index (κ1) is 9.77. The first-order valence-electron chi connectivity index (χ1n) is 4.63. The number of nitrogens with one attached hydrogen (secondary N) is 1. The zero-order chi connectivity index (χ0) is 10.5. The molecule has 0 aliphatic heterocycles. The number of halogens is 1. The van der Waals surface area contributed by atoms with Crippen LogP contribution in [0.3, 0.4) is 0 Å². The van der Waals surface area contributed by atoms with Crippen LogP contribution in [0.1, 0.15) is 32.2 Å². The van der Waals surface area contributed by atoms with Crippen molar-refractivity contribution in [1.29, 1.82) is 0 Å². The van der Waals surface area contributed by atoms with Gasteiger partial charge in [-0.05, 0) is 22.9 Å². The summed E-state index contributed by atoms with van der Waals surface area (Å²) in [5, 5.41) is 3.33. The van der Waals surface area contributed by atoms with Crippen LogP contribution in [-0.2, 0) is 5.41 Å². The van der Waals surface area contributed by atoms with E-state index in [2.05, 4.69) is 46.8 Å². The minimum atomic E-state index is 0.105. The molecule has 76 valence electrons. The minimum Gasteiger partial charge on any atom is -0.295 e. The van der Waals surface area contributed by atoms with Crippen LogP contribution in [0, 0.1) is 6.92 Å². The molecule has 0 saturated heterocycles. The number of aryl methyl sites for hydroxylation is 1. The van der Waals surface area contributed by atoms with E-state index in [1.807, 2.05) is 17.6 Å². The van der Waals surface area contributed by atoms with Crippen LogP contribution in [0.5, 0.6) is 0 Å². The van der Waals surface area contributed by atoms with Gasteiger partial charge in [0.05, 0.1) is 15.9 Å². The second kappa shape index (κ2) is 2.86. The fourth-order valence-electron chi connectivity index (χ4n) is 1.52. The summed E-state index contributed by atoms with van der Waals surface area (Å²) in [5.74, 6) is 0. The third kappa shape index (κ3) is 1.38. The highest BCUT2D eigenvalue weighted by Crippen LogP contribution is 2.31. The smallest absolute Gasteiger partial charge is 0.167 e. The van der Waals surface area contributed by atoms with Crippen molar-refractivity contribution < 1.29 is 0 Å². The van der Waals surface area contributed by atoms with E-state index in [1.54, 1.807) is 0 Å². The van der Waals surface area contributed by atoms with Crippen molar-refractivity contribution in [3.63, 3.8) is 0 Å². The SMILES string of the molecule is Cc1cn2[nH]c(C(C)(C)C)c(Br)c2n1. The van der Waals surface area contributed by atoms with Gasteiger partial charge in [-0.1, -0.05) is 20.8 Å². The van der Waals surface area contributed by atoms with Gasteiger partial charge in [-0.3, -0.25) is 5.10 Å². The van der Waals surface area contributed by atoms with Crippen LogP contribution >= 0.6 is 15.9 Å². The Balaban J connectivity index is 2.70. The Hall–Kier alpha value is -0.770. The van der Waals surface area contributed by atoms with Crippen molar-refractivity contribution in [3.8, 4) is 0 Å². The van der Waals surface area contributed by atoms with Crippen LogP contribution in [0.4, 0.5) is 0 Å². The summed E-state index contributed by atoms with van der Waals surface area (Å²) in [6, 6.07) is 0. The lowest BCUT2D eigenvalue weighted by Crippen LogP contribution is -2.12. The molecule has 2 rings (SSSR count). The van der Waals surface area contributed by atoms with Crippen molar-refractivity contribution in [3.05, 3.63) is 22.1 Å². The molecule has 0 amide bonds. The van der Waals surface area contributed by atoms with Gasteiger partial charge < -0.3 is 0 Å². The molecule has 0 radical (unpaired) electrons. The van der Waals surface area contributed by atoms with Gasteiger partial charge in [0.15, 0.2) is 5.65 Å². The fraction of sp³-hybridized carbons (Fsp3) is 0.500. The summed E-state index contributed by atoms with van der Waals surface area (Å²) in [6.45, 7) is 8.52. The molecule has 4 heteroatoms. The third-order valence-corrected chi connectivity index (χ3v) is 2.98. The predicted octanol–water partition coefficient (Wildman–Crippen LogP) is 3.03. The summed E-state index contributed by atoms with van der Waals surface area (Å²) in [5.41, 5.74) is 3.28. The maximum Gasteiger partial charge on any atom is 0.167 e. The van der Waals surface area contributed by atoms with E-state index < -0.39 is 0 Å². The summed E-state index contributed by atoms with van der Waals surface area (Å²) in [7, 11) is 0. The molecule has 0 fully saturated rings. The van der Waals surface area contributed by atoms with E-state index in [0.717, 1.165) is 15.8 Å². The lowest BCUT2D eigenvalue weighted by Gasteiger charge is -2.16. The largest absolute Gasteiger partial charge is 0.295 e. The van der Waals surface area contributed by atoms with Crippen molar-refractivity contribution in [2.45, 2.75) is 33.1 Å². The Kier molecular flexibility index (Phi) is 2.00. The van der Waals surface area contributed by atoms with Gasteiger partial charge in [0.2, 0.25) is 0 Å². The molecule has 0 saturated carbocycles. The Morgan fingerprint density at radius 3 is 2.57 bits per heavy atom. The van der Waals surface area contributed by atoms with Gasteiger partial charge in [0.25, 0.3) is 0 Å². The Labute approximate surface area is 91.6 Å². The summed E-state index contributed by atoms with van der Waals surface area (Å²) in [4.78, 5) is 4.43. The molecular formula is C10H14BrN3. The standard InChI is InChI=1S/C10H14BrN3/c1-6-5-14-9(12-6)7(11)8(13-14)10(2,3)4/h5,13H,1-4H3. The first-order chi connectivity index (χ1) is 6.39. The number of aromatic nitrogens is 3. The van der Waals surface area contributed by atoms with Crippen LogP contribution in [0.2, 0.25) is 0 Å². The molecule has 2 heterocycles. The highest BCUT2D eigenvalue weighted by molar-refractivity contribution is 9.10.